The van der Waals surface area contributed by atoms with E-state index in [0.717, 1.165) is 16.5 Å². The molecule has 0 aliphatic carbocycles. The Kier molecular flexibility index (Phi) is 4.25. The SMILES string of the molecule is O=C(OCc1ccccc1)N1CCc2cc(Br)ccc2C1. The number of amides is 1. The van der Waals surface area contributed by atoms with Gasteiger partial charge in [-0.1, -0.05) is 52.3 Å². The van der Waals surface area contributed by atoms with Gasteiger partial charge < -0.3 is 9.64 Å². The minimum atomic E-state index is -0.243. The summed E-state index contributed by atoms with van der Waals surface area (Å²) < 4.78 is 6.47. The average molecular weight is 346 g/mol. The van der Waals surface area contributed by atoms with E-state index in [9.17, 15) is 4.79 Å². The number of rotatable bonds is 2. The van der Waals surface area contributed by atoms with E-state index < -0.39 is 0 Å². The van der Waals surface area contributed by atoms with Crippen molar-refractivity contribution in [1.29, 1.82) is 0 Å². The van der Waals surface area contributed by atoms with E-state index in [4.69, 9.17) is 4.74 Å². The fraction of sp³-hybridized carbons (Fsp3) is 0.235. The largest absolute Gasteiger partial charge is 0.445 e. The molecule has 0 atom stereocenters. The lowest BCUT2D eigenvalue weighted by Gasteiger charge is -2.28. The summed E-state index contributed by atoms with van der Waals surface area (Å²) in [6, 6.07) is 15.9. The third kappa shape index (κ3) is 3.45. The molecule has 2 aromatic rings. The second-order valence-corrected chi connectivity index (χ2v) is 6.04. The highest BCUT2D eigenvalue weighted by atomic mass is 79.9. The van der Waals surface area contributed by atoms with Crippen molar-refractivity contribution in [3.05, 3.63) is 69.7 Å². The van der Waals surface area contributed by atoms with Crippen molar-refractivity contribution in [2.75, 3.05) is 6.54 Å². The molecule has 1 amide bonds. The second-order valence-electron chi connectivity index (χ2n) is 5.12. The number of carbonyl (C=O) groups is 1. The number of hydrogen-bond donors (Lipinski definition) is 0. The Balaban J connectivity index is 1.60. The number of benzene rings is 2. The molecule has 21 heavy (non-hydrogen) atoms. The van der Waals surface area contributed by atoms with Gasteiger partial charge in [-0.25, -0.2) is 4.79 Å². The summed E-state index contributed by atoms with van der Waals surface area (Å²) in [6.45, 7) is 1.65. The van der Waals surface area contributed by atoms with Gasteiger partial charge in [0.1, 0.15) is 6.61 Å². The number of nitrogens with zero attached hydrogens (tertiary/aromatic N) is 1. The zero-order valence-electron chi connectivity index (χ0n) is 11.6. The van der Waals surface area contributed by atoms with Crippen LogP contribution in [0.25, 0.3) is 0 Å². The van der Waals surface area contributed by atoms with Crippen LogP contribution in [0.2, 0.25) is 0 Å². The van der Waals surface area contributed by atoms with Crippen LogP contribution in [0.4, 0.5) is 4.79 Å². The van der Waals surface area contributed by atoms with Gasteiger partial charge in [0.2, 0.25) is 0 Å². The first-order chi connectivity index (χ1) is 10.2. The first-order valence-electron chi connectivity index (χ1n) is 6.95. The van der Waals surface area contributed by atoms with Crippen molar-refractivity contribution in [2.24, 2.45) is 0 Å². The zero-order valence-corrected chi connectivity index (χ0v) is 13.2. The Morgan fingerprint density at radius 1 is 1.14 bits per heavy atom. The van der Waals surface area contributed by atoms with Gasteiger partial charge in [-0.15, -0.1) is 0 Å². The summed E-state index contributed by atoms with van der Waals surface area (Å²) in [6.07, 6.45) is 0.627. The van der Waals surface area contributed by atoms with Crippen LogP contribution in [0.1, 0.15) is 16.7 Å². The smallest absolute Gasteiger partial charge is 0.410 e. The normalized spacial score (nSPS) is 13.7. The zero-order chi connectivity index (χ0) is 14.7. The average Bonchev–Trinajstić information content (AvgIpc) is 2.53. The van der Waals surface area contributed by atoms with Crippen molar-refractivity contribution in [1.82, 2.24) is 4.90 Å². The molecule has 0 radical (unpaired) electrons. The van der Waals surface area contributed by atoms with Gasteiger partial charge in [0.05, 0.1) is 0 Å². The quantitative estimate of drug-likeness (QED) is 0.818. The summed E-state index contributed by atoms with van der Waals surface area (Å²) in [7, 11) is 0. The van der Waals surface area contributed by atoms with Gasteiger partial charge in [-0.3, -0.25) is 0 Å². The van der Waals surface area contributed by atoms with E-state index in [2.05, 4.69) is 28.1 Å². The molecular formula is C17H16BrNO2. The van der Waals surface area contributed by atoms with Crippen LogP contribution in [-0.2, 0) is 24.3 Å². The molecule has 1 aliphatic heterocycles. The maximum absolute atomic E-state index is 12.1. The minimum Gasteiger partial charge on any atom is -0.445 e. The van der Waals surface area contributed by atoms with E-state index in [0.29, 0.717) is 19.7 Å². The molecule has 2 aromatic carbocycles. The first kappa shape index (κ1) is 14.1. The van der Waals surface area contributed by atoms with E-state index in [-0.39, 0.29) is 6.09 Å². The number of fused-ring (bicyclic) bond motifs is 1. The van der Waals surface area contributed by atoms with E-state index >= 15 is 0 Å². The van der Waals surface area contributed by atoms with E-state index in [1.807, 2.05) is 36.4 Å². The van der Waals surface area contributed by atoms with Crippen molar-refractivity contribution >= 4 is 22.0 Å². The predicted octanol–water partition coefficient (Wildman–Crippen LogP) is 4.14. The second kappa shape index (κ2) is 6.31. The van der Waals surface area contributed by atoms with Crippen molar-refractivity contribution in [3.8, 4) is 0 Å². The molecule has 0 saturated carbocycles. The number of carbonyl (C=O) groups excluding carboxylic acids is 1. The lowest BCUT2D eigenvalue weighted by atomic mass is 10.0. The summed E-state index contributed by atoms with van der Waals surface area (Å²) in [5.74, 6) is 0. The number of halogens is 1. The molecule has 0 unspecified atom stereocenters. The molecule has 0 N–H and O–H groups in total. The van der Waals surface area contributed by atoms with Crippen LogP contribution < -0.4 is 0 Å². The number of hydrogen-bond acceptors (Lipinski definition) is 2. The van der Waals surface area contributed by atoms with Crippen LogP contribution in [0.5, 0.6) is 0 Å². The lowest BCUT2D eigenvalue weighted by molar-refractivity contribution is 0.0918. The van der Waals surface area contributed by atoms with Crippen LogP contribution in [0.3, 0.4) is 0 Å². The van der Waals surface area contributed by atoms with Gasteiger partial charge in [0.15, 0.2) is 0 Å². The van der Waals surface area contributed by atoms with Gasteiger partial charge >= 0.3 is 6.09 Å². The monoisotopic (exact) mass is 345 g/mol. The highest BCUT2D eigenvalue weighted by molar-refractivity contribution is 9.10. The summed E-state index contributed by atoms with van der Waals surface area (Å²) in [5.41, 5.74) is 3.50. The molecular weight excluding hydrogens is 330 g/mol. The maximum Gasteiger partial charge on any atom is 0.410 e. The van der Waals surface area contributed by atoms with Crippen LogP contribution >= 0.6 is 15.9 Å². The van der Waals surface area contributed by atoms with Gasteiger partial charge in [0, 0.05) is 17.6 Å². The Morgan fingerprint density at radius 3 is 2.76 bits per heavy atom. The number of ether oxygens (including phenoxy) is 1. The highest BCUT2D eigenvalue weighted by Crippen LogP contribution is 2.23. The van der Waals surface area contributed by atoms with Crippen LogP contribution in [-0.4, -0.2) is 17.5 Å². The Hall–Kier alpha value is -1.81. The van der Waals surface area contributed by atoms with Crippen molar-refractivity contribution in [2.45, 2.75) is 19.6 Å². The molecule has 0 bridgehead atoms. The molecule has 0 saturated heterocycles. The van der Waals surface area contributed by atoms with Crippen LogP contribution in [0, 0.1) is 0 Å². The molecule has 1 heterocycles. The Morgan fingerprint density at radius 2 is 1.95 bits per heavy atom. The first-order valence-corrected chi connectivity index (χ1v) is 7.74. The minimum absolute atomic E-state index is 0.243. The standard InChI is InChI=1S/C17H16BrNO2/c18-16-7-6-15-11-19(9-8-14(15)10-16)17(20)21-12-13-4-2-1-3-5-13/h1-7,10H,8-9,11-12H2. The molecule has 3 rings (SSSR count). The molecule has 108 valence electrons. The lowest BCUT2D eigenvalue weighted by Crippen LogP contribution is -2.36. The third-order valence-electron chi connectivity index (χ3n) is 3.64. The van der Waals surface area contributed by atoms with Gasteiger partial charge in [-0.05, 0) is 35.2 Å². The summed E-state index contributed by atoms with van der Waals surface area (Å²) in [5, 5.41) is 0. The van der Waals surface area contributed by atoms with Gasteiger partial charge in [0.25, 0.3) is 0 Å². The van der Waals surface area contributed by atoms with E-state index in [1.165, 1.54) is 11.1 Å². The maximum atomic E-state index is 12.1. The Bertz CT molecular complexity index is 642. The molecule has 4 heteroatoms. The van der Waals surface area contributed by atoms with Gasteiger partial charge in [-0.2, -0.15) is 0 Å². The van der Waals surface area contributed by atoms with Crippen molar-refractivity contribution in [3.63, 3.8) is 0 Å². The predicted molar refractivity (Wildman–Crippen MR) is 84.9 cm³/mol. The van der Waals surface area contributed by atoms with E-state index in [1.54, 1.807) is 4.90 Å². The molecule has 1 aliphatic rings. The molecule has 0 spiro atoms. The fourth-order valence-corrected chi connectivity index (χ4v) is 2.90. The molecule has 0 fully saturated rings. The topological polar surface area (TPSA) is 29.5 Å². The summed E-state index contributed by atoms with van der Waals surface area (Å²) >= 11 is 3.48. The van der Waals surface area contributed by atoms with Crippen molar-refractivity contribution < 1.29 is 9.53 Å². The molecule has 0 aromatic heterocycles. The van der Waals surface area contributed by atoms with Crippen LogP contribution in [0.15, 0.2) is 53.0 Å². The molecule has 3 nitrogen and oxygen atoms in total. The summed E-state index contributed by atoms with van der Waals surface area (Å²) in [4.78, 5) is 13.9. The Labute approximate surface area is 132 Å². The third-order valence-corrected chi connectivity index (χ3v) is 4.14. The highest BCUT2D eigenvalue weighted by Gasteiger charge is 2.21. The fourth-order valence-electron chi connectivity index (χ4n) is 2.49.